The molecule has 0 aliphatic heterocycles. The Labute approximate surface area is 58.6 Å². The average Bonchev–Trinajstić information content (AvgIpc) is 1.80. The summed E-state index contributed by atoms with van der Waals surface area (Å²) in [6.07, 6.45) is 0.803. The first-order chi connectivity index (χ1) is 4.58. The second-order valence-electron chi connectivity index (χ2n) is 2.92. The highest BCUT2D eigenvalue weighted by atomic mass is 16.4. The summed E-state index contributed by atoms with van der Waals surface area (Å²) in [5.74, 6) is -0.863. The lowest BCUT2D eigenvalue weighted by molar-refractivity contribution is -0.149. The molecule has 0 atom stereocenters. The molecule has 0 aromatic carbocycles. The van der Waals surface area contributed by atoms with E-state index in [0.29, 0.717) is 12.8 Å². The van der Waals surface area contributed by atoms with Gasteiger partial charge in [-0.2, -0.15) is 0 Å². The maximum absolute atomic E-state index is 10.4. The maximum atomic E-state index is 10.4. The summed E-state index contributed by atoms with van der Waals surface area (Å²) in [5, 5.41) is 17.1. The molecule has 58 valence electrons. The predicted molar refractivity (Wildman–Crippen MR) is 34.4 cm³/mol. The Balaban J connectivity index is 2.42. The van der Waals surface area contributed by atoms with Gasteiger partial charge < -0.3 is 15.9 Å². The van der Waals surface area contributed by atoms with Gasteiger partial charge in [-0.25, -0.2) is 0 Å². The number of hydrogen-bond acceptors (Lipinski definition) is 3. The third-order valence-electron chi connectivity index (χ3n) is 1.99. The topological polar surface area (TPSA) is 83.6 Å². The summed E-state index contributed by atoms with van der Waals surface area (Å²) in [4.78, 5) is 10.4. The third-order valence-corrected chi connectivity index (χ3v) is 1.99. The molecule has 0 saturated heterocycles. The van der Waals surface area contributed by atoms with Gasteiger partial charge in [-0.3, -0.25) is 4.79 Å². The van der Waals surface area contributed by atoms with Crippen LogP contribution in [0.1, 0.15) is 12.8 Å². The Morgan fingerprint density at radius 1 is 1.70 bits per heavy atom. The van der Waals surface area contributed by atoms with Crippen molar-refractivity contribution in [3.63, 3.8) is 0 Å². The van der Waals surface area contributed by atoms with Gasteiger partial charge in [-0.05, 0) is 18.8 Å². The Bertz CT molecular complexity index is 151. The fraction of sp³-hybridized carbons (Fsp3) is 0.833. The predicted octanol–water partition coefficient (Wildman–Crippen LogP) is -0.829. The van der Waals surface area contributed by atoms with E-state index in [2.05, 4.69) is 0 Å². The molecule has 0 spiro atoms. The van der Waals surface area contributed by atoms with E-state index in [-0.39, 0.29) is 12.5 Å². The van der Waals surface area contributed by atoms with Crippen LogP contribution in [-0.4, -0.2) is 28.3 Å². The van der Waals surface area contributed by atoms with Crippen LogP contribution in [0.4, 0.5) is 0 Å². The van der Waals surface area contributed by atoms with Gasteiger partial charge in [0.25, 0.3) is 0 Å². The summed E-state index contributed by atoms with van der Waals surface area (Å²) in [5.41, 5.74) is 4.35. The zero-order chi connectivity index (χ0) is 7.78. The lowest BCUT2D eigenvalue weighted by Gasteiger charge is -2.40. The molecular formula is C6H11NO3. The van der Waals surface area contributed by atoms with Crippen LogP contribution in [0.25, 0.3) is 0 Å². The molecule has 10 heavy (non-hydrogen) atoms. The van der Waals surface area contributed by atoms with Gasteiger partial charge in [-0.1, -0.05) is 0 Å². The van der Waals surface area contributed by atoms with Crippen LogP contribution in [0.2, 0.25) is 0 Å². The van der Waals surface area contributed by atoms with Crippen LogP contribution in [0, 0.1) is 5.92 Å². The molecule has 0 bridgehead atoms. The summed E-state index contributed by atoms with van der Waals surface area (Å²) in [6.45, 7) is 0.0478. The molecule has 1 aliphatic rings. The van der Waals surface area contributed by atoms with E-state index >= 15 is 0 Å². The smallest absolute Gasteiger partial charge is 0.323 e. The van der Waals surface area contributed by atoms with Gasteiger partial charge in [0, 0.05) is 6.61 Å². The lowest BCUT2D eigenvalue weighted by Crippen LogP contribution is -2.58. The first-order valence-corrected chi connectivity index (χ1v) is 3.21. The molecule has 0 aromatic heterocycles. The molecule has 1 fully saturated rings. The highest BCUT2D eigenvalue weighted by molar-refractivity contribution is 5.79. The number of hydrogen-bond donors (Lipinski definition) is 3. The molecule has 1 aliphatic carbocycles. The van der Waals surface area contributed by atoms with Crippen LogP contribution < -0.4 is 5.73 Å². The van der Waals surface area contributed by atoms with Crippen LogP contribution in [0.15, 0.2) is 0 Å². The van der Waals surface area contributed by atoms with Crippen LogP contribution in [-0.2, 0) is 4.79 Å². The summed E-state index contributed by atoms with van der Waals surface area (Å²) >= 11 is 0. The zero-order valence-electron chi connectivity index (χ0n) is 5.58. The van der Waals surface area contributed by atoms with Crippen molar-refractivity contribution in [1.82, 2.24) is 0 Å². The number of aliphatic carboxylic acids is 1. The van der Waals surface area contributed by atoms with Crippen molar-refractivity contribution in [2.24, 2.45) is 11.7 Å². The van der Waals surface area contributed by atoms with E-state index in [1.54, 1.807) is 0 Å². The number of carboxylic acids is 1. The Hall–Kier alpha value is -0.610. The average molecular weight is 145 g/mol. The van der Waals surface area contributed by atoms with Crippen molar-refractivity contribution < 1.29 is 15.0 Å². The quantitative estimate of drug-likeness (QED) is 0.473. The van der Waals surface area contributed by atoms with Crippen molar-refractivity contribution in [2.75, 3.05) is 6.61 Å². The molecular weight excluding hydrogens is 134 g/mol. The van der Waals surface area contributed by atoms with Crippen molar-refractivity contribution in [3.05, 3.63) is 0 Å². The van der Waals surface area contributed by atoms with Gasteiger partial charge in [-0.15, -0.1) is 0 Å². The van der Waals surface area contributed by atoms with Crippen molar-refractivity contribution in [1.29, 1.82) is 0 Å². The Morgan fingerprint density at radius 2 is 2.20 bits per heavy atom. The molecule has 4 N–H and O–H groups in total. The fourth-order valence-electron chi connectivity index (χ4n) is 1.27. The third kappa shape index (κ3) is 0.998. The molecule has 0 unspecified atom stereocenters. The number of carboxylic acid groups (broad SMARTS) is 1. The number of nitrogens with two attached hydrogens (primary N) is 1. The van der Waals surface area contributed by atoms with Crippen molar-refractivity contribution >= 4 is 5.97 Å². The molecule has 4 nitrogen and oxygen atoms in total. The normalized spacial score (nSPS) is 38.8. The minimum atomic E-state index is -1.05. The molecule has 0 radical (unpaired) electrons. The maximum Gasteiger partial charge on any atom is 0.323 e. The minimum Gasteiger partial charge on any atom is -0.480 e. The molecule has 0 aromatic rings. The van der Waals surface area contributed by atoms with Crippen molar-refractivity contribution in [2.45, 2.75) is 18.4 Å². The van der Waals surface area contributed by atoms with E-state index in [9.17, 15) is 4.79 Å². The van der Waals surface area contributed by atoms with Crippen LogP contribution in [0.5, 0.6) is 0 Å². The molecule has 1 saturated carbocycles. The number of carbonyl (C=O) groups is 1. The Kier molecular flexibility index (Phi) is 1.66. The lowest BCUT2D eigenvalue weighted by atomic mass is 9.69. The molecule has 0 amide bonds. The second kappa shape index (κ2) is 2.21. The summed E-state index contributed by atoms with van der Waals surface area (Å²) in [6, 6.07) is 0. The van der Waals surface area contributed by atoms with Crippen molar-refractivity contribution in [3.8, 4) is 0 Å². The fourth-order valence-corrected chi connectivity index (χ4v) is 1.27. The molecule has 0 heterocycles. The Morgan fingerprint density at radius 3 is 2.50 bits per heavy atom. The standard InChI is InChI=1S/C6H11NO3/c7-6(5(9)10)1-4(2-6)3-8/h4,8H,1-3,7H2,(H,9,10)/t4-,6+. The highest BCUT2D eigenvalue weighted by Gasteiger charge is 2.46. The van der Waals surface area contributed by atoms with E-state index in [0.717, 1.165) is 0 Å². The monoisotopic (exact) mass is 145 g/mol. The van der Waals surface area contributed by atoms with E-state index in [1.807, 2.05) is 0 Å². The van der Waals surface area contributed by atoms with Crippen LogP contribution >= 0.6 is 0 Å². The molecule has 4 heteroatoms. The van der Waals surface area contributed by atoms with E-state index in [1.165, 1.54) is 0 Å². The van der Waals surface area contributed by atoms with Gasteiger partial charge >= 0.3 is 5.97 Å². The number of aliphatic hydroxyl groups excluding tert-OH is 1. The second-order valence-corrected chi connectivity index (χ2v) is 2.92. The van der Waals surface area contributed by atoms with Crippen LogP contribution in [0.3, 0.4) is 0 Å². The summed E-state index contributed by atoms with van der Waals surface area (Å²) in [7, 11) is 0. The summed E-state index contributed by atoms with van der Waals surface area (Å²) < 4.78 is 0. The van der Waals surface area contributed by atoms with Gasteiger partial charge in [0.15, 0.2) is 0 Å². The highest BCUT2D eigenvalue weighted by Crippen LogP contribution is 2.35. The minimum absolute atomic E-state index is 0.0478. The first-order valence-electron chi connectivity index (χ1n) is 3.21. The zero-order valence-corrected chi connectivity index (χ0v) is 5.58. The number of rotatable bonds is 2. The largest absolute Gasteiger partial charge is 0.480 e. The van der Waals surface area contributed by atoms with E-state index in [4.69, 9.17) is 15.9 Å². The van der Waals surface area contributed by atoms with Gasteiger partial charge in [0.2, 0.25) is 0 Å². The SMILES string of the molecule is N[C@]1(C(=O)O)C[C@H](CO)C1. The van der Waals surface area contributed by atoms with Gasteiger partial charge in [0.1, 0.15) is 5.54 Å². The number of aliphatic hydroxyl groups is 1. The molecule has 1 rings (SSSR count). The van der Waals surface area contributed by atoms with E-state index < -0.39 is 11.5 Å². The first kappa shape index (κ1) is 7.50. The van der Waals surface area contributed by atoms with Gasteiger partial charge in [0.05, 0.1) is 0 Å².